The average molecular weight is 461 g/mol. The standard InChI is InChI=1S/C22H22F2N4O3S/c1-28(20(29)10-14-6-7-19(31-2)18(24)9-14)12-17-13-32-22(26-17)27-21(30)25-11-15-4-3-5-16(23)8-15/h3-9,13H,10-12H2,1-2H3,(H2,25,26,27,30). The fraction of sp³-hybridized carbons (Fsp3) is 0.227. The second-order valence-electron chi connectivity index (χ2n) is 6.98. The molecule has 168 valence electrons. The number of rotatable bonds is 8. The van der Waals surface area contributed by atoms with Gasteiger partial charge in [-0.1, -0.05) is 18.2 Å². The lowest BCUT2D eigenvalue weighted by molar-refractivity contribution is -0.129. The number of halogens is 2. The Labute approximate surface area is 188 Å². The number of nitrogens with one attached hydrogen (secondary N) is 2. The van der Waals surface area contributed by atoms with E-state index in [2.05, 4.69) is 15.6 Å². The van der Waals surface area contributed by atoms with Gasteiger partial charge in [-0.2, -0.15) is 0 Å². The summed E-state index contributed by atoms with van der Waals surface area (Å²) in [5, 5.41) is 7.35. The molecule has 1 aromatic heterocycles. The molecule has 3 amide bonds. The maximum atomic E-state index is 13.8. The van der Waals surface area contributed by atoms with Gasteiger partial charge in [0.1, 0.15) is 5.82 Å². The summed E-state index contributed by atoms with van der Waals surface area (Å²) in [6.07, 6.45) is 0.0368. The highest BCUT2D eigenvalue weighted by Gasteiger charge is 2.14. The first kappa shape index (κ1) is 23.1. The molecule has 0 atom stereocenters. The Hall–Kier alpha value is -3.53. The lowest BCUT2D eigenvalue weighted by Gasteiger charge is -2.16. The lowest BCUT2D eigenvalue weighted by atomic mass is 10.1. The van der Waals surface area contributed by atoms with E-state index in [-0.39, 0.29) is 37.0 Å². The summed E-state index contributed by atoms with van der Waals surface area (Å²) in [6, 6.07) is 9.88. The summed E-state index contributed by atoms with van der Waals surface area (Å²) in [7, 11) is 3.00. The van der Waals surface area contributed by atoms with Crippen molar-refractivity contribution in [3.8, 4) is 5.75 Å². The number of hydrogen-bond acceptors (Lipinski definition) is 5. The maximum absolute atomic E-state index is 13.8. The fourth-order valence-corrected chi connectivity index (χ4v) is 3.56. The Morgan fingerprint density at radius 1 is 1.16 bits per heavy atom. The summed E-state index contributed by atoms with van der Waals surface area (Å²) >= 11 is 1.22. The van der Waals surface area contributed by atoms with Gasteiger partial charge in [-0.3, -0.25) is 10.1 Å². The molecule has 32 heavy (non-hydrogen) atoms. The van der Waals surface area contributed by atoms with Crippen molar-refractivity contribution in [1.82, 2.24) is 15.2 Å². The number of thiazole rings is 1. The minimum atomic E-state index is -0.522. The maximum Gasteiger partial charge on any atom is 0.321 e. The number of nitrogens with zero attached hydrogens (tertiary/aromatic N) is 2. The van der Waals surface area contributed by atoms with Crippen LogP contribution in [0.1, 0.15) is 16.8 Å². The number of anilines is 1. The Balaban J connectivity index is 1.48. The second-order valence-corrected chi connectivity index (χ2v) is 7.84. The van der Waals surface area contributed by atoms with Crippen LogP contribution in [0.5, 0.6) is 5.75 Å². The Kier molecular flexibility index (Phi) is 7.72. The summed E-state index contributed by atoms with van der Waals surface area (Å²) in [5.74, 6) is -0.974. The first-order valence-electron chi connectivity index (χ1n) is 9.64. The van der Waals surface area contributed by atoms with E-state index in [1.807, 2.05) is 0 Å². The number of aromatic nitrogens is 1. The van der Waals surface area contributed by atoms with Crippen LogP contribution >= 0.6 is 11.3 Å². The normalized spacial score (nSPS) is 10.5. The van der Waals surface area contributed by atoms with E-state index in [0.717, 1.165) is 0 Å². The first-order chi connectivity index (χ1) is 15.3. The molecule has 2 N–H and O–H groups in total. The molecular formula is C22H22F2N4O3S. The van der Waals surface area contributed by atoms with Gasteiger partial charge < -0.3 is 15.0 Å². The lowest BCUT2D eigenvalue weighted by Crippen LogP contribution is -2.29. The van der Waals surface area contributed by atoms with Gasteiger partial charge in [0.15, 0.2) is 16.7 Å². The van der Waals surface area contributed by atoms with Gasteiger partial charge >= 0.3 is 6.03 Å². The van der Waals surface area contributed by atoms with Crippen LogP contribution in [0.2, 0.25) is 0 Å². The average Bonchev–Trinajstić information content (AvgIpc) is 3.19. The molecule has 0 unspecified atom stereocenters. The quantitative estimate of drug-likeness (QED) is 0.533. The molecule has 10 heteroatoms. The van der Waals surface area contributed by atoms with Crippen molar-refractivity contribution in [1.29, 1.82) is 0 Å². The Morgan fingerprint density at radius 3 is 2.69 bits per heavy atom. The highest BCUT2D eigenvalue weighted by molar-refractivity contribution is 7.13. The first-order valence-corrected chi connectivity index (χ1v) is 10.5. The number of carbonyl (C=O) groups excluding carboxylic acids is 2. The van der Waals surface area contributed by atoms with Crippen molar-refractivity contribution in [3.05, 3.63) is 76.3 Å². The number of hydrogen-bond donors (Lipinski definition) is 2. The van der Waals surface area contributed by atoms with Crippen molar-refractivity contribution in [3.63, 3.8) is 0 Å². The molecule has 7 nitrogen and oxygen atoms in total. The van der Waals surface area contributed by atoms with Gasteiger partial charge in [0.25, 0.3) is 0 Å². The van der Waals surface area contributed by atoms with Crippen LogP contribution in [-0.4, -0.2) is 36.0 Å². The Bertz CT molecular complexity index is 1110. The molecule has 0 aliphatic carbocycles. The van der Waals surface area contributed by atoms with E-state index >= 15 is 0 Å². The van der Waals surface area contributed by atoms with Crippen LogP contribution in [-0.2, 0) is 24.3 Å². The molecule has 0 aliphatic rings. The zero-order valence-electron chi connectivity index (χ0n) is 17.5. The van der Waals surface area contributed by atoms with E-state index in [9.17, 15) is 18.4 Å². The number of carbonyl (C=O) groups is 2. The number of amides is 3. The number of ether oxygens (including phenoxy) is 1. The van der Waals surface area contributed by atoms with Crippen molar-refractivity contribution in [2.24, 2.45) is 0 Å². The van der Waals surface area contributed by atoms with E-state index < -0.39 is 11.8 Å². The molecule has 0 bridgehead atoms. The summed E-state index contributed by atoms with van der Waals surface area (Å²) in [4.78, 5) is 30.3. The summed E-state index contributed by atoms with van der Waals surface area (Å²) in [5.41, 5.74) is 1.78. The third kappa shape index (κ3) is 6.48. The van der Waals surface area contributed by atoms with Crippen LogP contribution < -0.4 is 15.4 Å². The minimum Gasteiger partial charge on any atom is -0.494 e. The van der Waals surface area contributed by atoms with Gasteiger partial charge in [0.2, 0.25) is 5.91 Å². The molecule has 0 saturated heterocycles. The van der Waals surface area contributed by atoms with Crippen molar-refractivity contribution < 1.29 is 23.1 Å². The molecule has 0 aliphatic heterocycles. The topological polar surface area (TPSA) is 83.6 Å². The zero-order valence-corrected chi connectivity index (χ0v) is 18.3. The molecule has 1 heterocycles. The highest BCUT2D eigenvalue weighted by atomic mass is 32.1. The van der Waals surface area contributed by atoms with E-state index in [0.29, 0.717) is 22.0 Å². The molecule has 0 fully saturated rings. The van der Waals surface area contributed by atoms with Gasteiger partial charge in [-0.25, -0.2) is 18.6 Å². The second kappa shape index (κ2) is 10.7. The molecule has 3 aromatic rings. The SMILES string of the molecule is COc1ccc(CC(=O)N(C)Cc2csc(NC(=O)NCc3cccc(F)c3)n2)cc1F. The number of urea groups is 1. The van der Waals surface area contributed by atoms with E-state index in [1.165, 1.54) is 47.6 Å². The van der Waals surface area contributed by atoms with Gasteiger partial charge in [-0.05, 0) is 35.4 Å². The molecule has 0 saturated carbocycles. The van der Waals surface area contributed by atoms with Crippen LogP contribution in [0.3, 0.4) is 0 Å². The summed E-state index contributed by atoms with van der Waals surface area (Å²) < 4.78 is 31.9. The van der Waals surface area contributed by atoms with Crippen LogP contribution in [0.15, 0.2) is 47.8 Å². The molecule has 2 aromatic carbocycles. The third-order valence-corrected chi connectivity index (χ3v) is 5.32. The third-order valence-electron chi connectivity index (χ3n) is 4.51. The monoisotopic (exact) mass is 460 g/mol. The van der Waals surface area contributed by atoms with E-state index in [1.54, 1.807) is 30.6 Å². The molecule has 3 rings (SSSR count). The predicted octanol–water partition coefficient (Wildman–Crippen LogP) is 3.95. The number of benzene rings is 2. The minimum absolute atomic E-state index is 0.0368. The van der Waals surface area contributed by atoms with Gasteiger partial charge in [0.05, 0.1) is 25.8 Å². The zero-order chi connectivity index (χ0) is 23.1. The fourth-order valence-electron chi connectivity index (χ4n) is 2.87. The van der Waals surface area contributed by atoms with Crippen molar-refractivity contribution in [2.45, 2.75) is 19.5 Å². The number of likely N-dealkylation sites (N-methyl/N-ethyl adjacent to an activating group) is 1. The van der Waals surface area contributed by atoms with Crippen LogP contribution in [0, 0.1) is 11.6 Å². The van der Waals surface area contributed by atoms with Gasteiger partial charge in [0, 0.05) is 19.0 Å². The van der Waals surface area contributed by atoms with E-state index in [4.69, 9.17) is 4.74 Å². The molecule has 0 radical (unpaired) electrons. The number of methoxy groups -OCH3 is 1. The van der Waals surface area contributed by atoms with Crippen molar-refractivity contribution in [2.75, 3.05) is 19.5 Å². The summed E-state index contributed by atoms with van der Waals surface area (Å²) in [6.45, 7) is 0.408. The predicted molar refractivity (Wildman–Crippen MR) is 118 cm³/mol. The molecule has 0 spiro atoms. The molecular weight excluding hydrogens is 438 g/mol. The van der Waals surface area contributed by atoms with Crippen LogP contribution in [0.25, 0.3) is 0 Å². The van der Waals surface area contributed by atoms with Crippen LogP contribution in [0.4, 0.5) is 18.7 Å². The largest absolute Gasteiger partial charge is 0.494 e. The van der Waals surface area contributed by atoms with Crippen molar-refractivity contribution >= 4 is 28.4 Å². The van der Waals surface area contributed by atoms with Gasteiger partial charge in [-0.15, -0.1) is 11.3 Å². The highest BCUT2D eigenvalue weighted by Crippen LogP contribution is 2.19. The Morgan fingerprint density at radius 2 is 1.97 bits per heavy atom. The smallest absolute Gasteiger partial charge is 0.321 e.